The summed E-state index contributed by atoms with van der Waals surface area (Å²) in [5, 5.41) is 19.7. The Labute approximate surface area is 118 Å². The second kappa shape index (κ2) is 4.75. The van der Waals surface area contributed by atoms with Crippen molar-refractivity contribution in [3.63, 3.8) is 0 Å². The van der Waals surface area contributed by atoms with Crippen LogP contribution in [0.15, 0.2) is 15.8 Å². The zero-order valence-corrected chi connectivity index (χ0v) is 11.5. The number of hydrogen-bond acceptors (Lipinski definition) is 7. The van der Waals surface area contributed by atoms with Gasteiger partial charge in [-0.25, -0.2) is 4.79 Å². The molecule has 2 saturated heterocycles. The van der Waals surface area contributed by atoms with Gasteiger partial charge in [-0.3, -0.25) is 14.3 Å². The zero-order chi connectivity index (χ0) is 15.4. The molecule has 0 spiro atoms. The van der Waals surface area contributed by atoms with Crippen molar-refractivity contribution >= 4 is 0 Å². The Morgan fingerprint density at radius 3 is 2.81 bits per heavy atom. The standard InChI is InChI=1S/C12H16N2O7/c1-5-3-14(11(18)13-9(5)17)10-7-8(16)12(4-15,21-10)20-6(2)19-7/h3,6-8,10,15-16H,4H2,1-2H3,(H,13,17,18)/t6-,7+,8?,10-,12-/m1/s1. The van der Waals surface area contributed by atoms with Crippen molar-refractivity contribution in [1.82, 2.24) is 9.55 Å². The maximum Gasteiger partial charge on any atom is 0.330 e. The fourth-order valence-electron chi connectivity index (χ4n) is 2.67. The van der Waals surface area contributed by atoms with Crippen molar-refractivity contribution in [1.29, 1.82) is 0 Å². The number of aromatic nitrogens is 2. The number of fused-ring (bicyclic) bond motifs is 2. The minimum atomic E-state index is -1.64. The first-order chi connectivity index (χ1) is 9.88. The molecule has 9 heteroatoms. The number of aromatic amines is 1. The molecule has 1 aromatic heterocycles. The highest BCUT2D eigenvalue weighted by atomic mass is 16.8. The smallest absolute Gasteiger partial charge is 0.330 e. The van der Waals surface area contributed by atoms with Gasteiger partial charge in [0.05, 0.1) is 0 Å². The first-order valence-corrected chi connectivity index (χ1v) is 6.50. The lowest BCUT2D eigenvalue weighted by Crippen LogP contribution is -2.55. The van der Waals surface area contributed by atoms with Crippen molar-refractivity contribution < 1.29 is 24.4 Å². The molecule has 116 valence electrons. The van der Waals surface area contributed by atoms with E-state index in [2.05, 4.69) is 4.98 Å². The molecular weight excluding hydrogens is 284 g/mol. The van der Waals surface area contributed by atoms with E-state index in [-0.39, 0.29) is 0 Å². The molecule has 0 amide bonds. The molecule has 0 aliphatic carbocycles. The van der Waals surface area contributed by atoms with Crippen molar-refractivity contribution in [3.8, 4) is 0 Å². The van der Waals surface area contributed by atoms with Crippen molar-refractivity contribution in [2.75, 3.05) is 6.61 Å². The maximum atomic E-state index is 11.9. The van der Waals surface area contributed by atoms with Crippen LogP contribution in [0.4, 0.5) is 0 Å². The predicted molar refractivity (Wildman–Crippen MR) is 67.4 cm³/mol. The van der Waals surface area contributed by atoms with Gasteiger partial charge in [-0.2, -0.15) is 0 Å². The van der Waals surface area contributed by atoms with Crippen molar-refractivity contribution in [3.05, 3.63) is 32.6 Å². The number of ether oxygens (including phenoxy) is 3. The van der Waals surface area contributed by atoms with Crippen LogP contribution in [0, 0.1) is 6.92 Å². The molecular formula is C12H16N2O7. The average molecular weight is 300 g/mol. The number of aryl methyl sites for hydroxylation is 1. The highest BCUT2D eigenvalue weighted by Gasteiger charge is 2.61. The molecule has 3 rings (SSSR count). The van der Waals surface area contributed by atoms with Crippen LogP contribution in [0.3, 0.4) is 0 Å². The predicted octanol–water partition coefficient (Wildman–Crippen LogP) is -1.82. The molecule has 5 atom stereocenters. The fourth-order valence-corrected chi connectivity index (χ4v) is 2.67. The van der Waals surface area contributed by atoms with Crippen LogP contribution in [0.25, 0.3) is 0 Å². The van der Waals surface area contributed by atoms with E-state index in [1.54, 1.807) is 6.92 Å². The quantitative estimate of drug-likeness (QED) is 0.588. The highest BCUT2D eigenvalue weighted by molar-refractivity contribution is 5.05. The highest BCUT2D eigenvalue weighted by Crippen LogP contribution is 2.43. The van der Waals surface area contributed by atoms with Crippen LogP contribution >= 0.6 is 0 Å². The summed E-state index contributed by atoms with van der Waals surface area (Å²) in [5.41, 5.74) is -0.888. The van der Waals surface area contributed by atoms with Crippen LogP contribution in [-0.4, -0.2) is 50.7 Å². The second-order valence-corrected chi connectivity index (χ2v) is 5.19. The van der Waals surface area contributed by atoms with Gasteiger partial charge in [0, 0.05) is 11.8 Å². The molecule has 1 unspecified atom stereocenters. The molecule has 0 aromatic carbocycles. The summed E-state index contributed by atoms with van der Waals surface area (Å²) in [4.78, 5) is 25.5. The Hall–Kier alpha value is -1.52. The lowest BCUT2D eigenvalue weighted by Gasteiger charge is -2.37. The van der Waals surface area contributed by atoms with E-state index in [9.17, 15) is 19.8 Å². The molecule has 2 fully saturated rings. The van der Waals surface area contributed by atoms with Gasteiger partial charge < -0.3 is 24.4 Å². The van der Waals surface area contributed by atoms with E-state index in [0.717, 1.165) is 4.57 Å². The van der Waals surface area contributed by atoms with Gasteiger partial charge in [-0.1, -0.05) is 0 Å². The van der Waals surface area contributed by atoms with E-state index in [1.807, 2.05) is 0 Å². The van der Waals surface area contributed by atoms with E-state index < -0.39 is 48.4 Å². The van der Waals surface area contributed by atoms with E-state index in [4.69, 9.17) is 14.2 Å². The number of H-pyrrole nitrogens is 1. The molecule has 3 N–H and O–H groups in total. The Balaban J connectivity index is 2.07. The lowest BCUT2D eigenvalue weighted by molar-refractivity contribution is -0.352. The Bertz CT molecular complexity index is 668. The number of rotatable bonds is 2. The Morgan fingerprint density at radius 1 is 1.43 bits per heavy atom. The molecule has 2 aliphatic rings. The molecule has 2 aliphatic heterocycles. The van der Waals surface area contributed by atoms with Crippen LogP contribution in [0.1, 0.15) is 18.7 Å². The van der Waals surface area contributed by atoms with Gasteiger partial charge in [-0.15, -0.1) is 0 Å². The summed E-state index contributed by atoms with van der Waals surface area (Å²) in [6, 6.07) is 0. The third kappa shape index (κ3) is 2.05. The summed E-state index contributed by atoms with van der Waals surface area (Å²) >= 11 is 0. The van der Waals surface area contributed by atoms with Gasteiger partial charge in [0.15, 0.2) is 12.5 Å². The van der Waals surface area contributed by atoms with E-state index >= 15 is 0 Å². The number of nitrogens with one attached hydrogen (secondary N) is 1. The number of aliphatic hydroxyl groups excluding tert-OH is 2. The van der Waals surface area contributed by atoms with Crippen LogP contribution in [0.2, 0.25) is 0 Å². The lowest BCUT2D eigenvalue weighted by atomic mass is 10.1. The summed E-state index contributed by atoms with van der Waals surface area (Å²) in [5.74, 6) is -1.64. The first kappa shape index (κ1) is 14.4. The first-order valence-electron chi connectivity index (χ1n) is 6.50. The molecule has 21 heavy (non-hydrogen) atoms. The normalized spacial score (nSPS) is 38.7. The fraction of sp³-hybridized carbons (Fsp3) is 0.667. The van der Waals surface area contributed by atoms with E-state index in [0.29, 0.717) is 5.56 Å². The second-order valence-electron chi connectivity index (χ2n) is 5.19. The molecule has 2 bridgehead atoms. The van der Waals surface area contributed by atoms with Crippen LogP contribution in [0.5, 0.6) is 0 Å². The monoisotopic (exact) mass is 300 g/mol. The Morgan fingerprint density at radius 2 is 2.14 bits per heavy atom. The third-order valence-electron chi connectivity index (χ3n) is 3.72. The summed E-state index contributed by atoms with van der Waals surface area (Å²) < 4.78 is 17.5. The number of aliphatic hydroxyl groups is 2. The van der Waals surface area contributed by atoms with Gasteiger partial charge in [0.2, 0.25) is 5.79 Å². The minimum Gasteiger partial charge on any atom is -0.391 e. The van der Waals surface area contributed by atoms with E-state index in [1.165, 1.54) is 13.1 Å². The van der Waals surface area contributed by atoms with Gasteiger partial charge >= 0.3 is 5.69 Å². The van der Waals surface area contributed by atoms with Crippen molar-refractivity contribution in [2.24, 2.45) is 0 Å². The summed E-state index contributed by atoms with van der Waals surface area (Å²) in [7, 11) is 0. The van der Waals surface area contributed by atoms with Crippen LogP contribution in [-0.2, 0) is 14.2 Å². The molecule has 0 radical (unpaired) electrons. The SMILES string of the molecule is Cc1cn([C@@H]2O[C@@]3(CO)O[C@H](C)O[C@H]2C3O)c(=O)[nH]c1=O. The number of nitrogens with zero attached hydrogens (tertiary/aromatic N) is 1. The number of hydrogen-bond donors (Lipinski definition) is 3. The zero-order valence-electron chi connectivity index (χ0n) is 11.5. The molecule has 0 saturated carbocycles. The van der Waals surface area contributed by atoms with Gasteiger partial charge in [-0.05, 0) is 13.8 Å². The summed E-state index contributed by atoms with van der Waals surface area (Å²) in [6.07, 6.45) is -2.57. The topological polar surface area (TPSA) is 123 Å². The van der Waals surface area contributed by atoms with Gasteiger partial charge in [0.25, 0.3) is 5.56 Å². The molecule has 9 nitrogen and oxygen atoms in total. The third-order valence-corrected chi connectivity index (χ3v) is 3.72. The van der Waals surface area contributed by atoms with Crippen LogP contribution < -0.4 is 11.2 Å². The van der Waals surface area contributed by atoms with Gasteiger partial charge in [0.1, 0.15) is 18.8 Å². The minimum absolute atomic E-state index is 0.307. The molecule has 3 heterocycles. The summed E-state index contributed by atoms with van der Waals surface area (Å²) in [6.45, 7) is 2.54. The van der Waals surface area contributed by atoms with Crippen molar-refractivity contribution in [2.45, 2.75) is 44.4 Å². The Kier molecular flexibility index (Phi) is 3.26. The molecule has 1 aromatic rings. The largest absolute Gasteiger partial charge is 0.391 e. The maximum absolute atomic E-state index is 11.9. The average Bonchev–Trinajstić information content (AvgIpc) is 2.60.